The molecule has 0 bridgehead atoms. The van der Waals surface area contributed by atoms with Gasteiger partial charge in [-0.05, 0) is 11.6 Å². The molecule has 1 fully saturated rings. The molecule has 0 amide bonds. The standard InChI is InChI=1S/C8H9FN2/c9-8-1-6(2-11-5-8)7-3-10-4-7/h1-2,5,7,10H,3-4H2. The second-order valence-electron chi connectivity index (χ2n) is 2.79. The minimum Gasteiger partial charge on any atom is -0.315 e. The molecule has 58 valence electrons. The third kappa shape index (κ3) is 1.24. The van der Waals surface area contributed by atoms with Gasteiger partial charge in [0.1, 0.15) is 5.82 Å². The summed E-state index contributed by atoms with van der Waals surface area (Å²) in [5, 5.41) is 3.13. The minimum atomic E-state index is -0.241. The molecule has 3 heteroatoms. The van der Waals surface area contributed by atoms with Crippen molar-refractivity contribution >= 4 is 0 Å². The van der Waals surface area contributed by atoms with Gasteiger partial charge in [-0.1, -0.05) is 0 Å². The lowest BCUT2D eigenvalue weighted by Gasteiger charge is -2.26. The Bertz CT molecular complexity index is 258. The third-order valence-electron chi connectivity index (χ3n) is 1.98. The van der Waals surface area contributed by atoms with Crippen LogP contribution in [-0.4, -0.2) is 18.1 Å². The Labute approximate surface area is 64.5 Å². The first-order valence-corrected chi connectivity index (χ1v) is 3.67. The first-order chi connectivity index (χ1) is 5.36. The van der Waals surface area contributed by atoms with Crippen LogP contribution in [0.5, 0.6) is 0 Å². The number of hydrogen-bond acceptors (Lipinski definition) is 2. The minimum absolute atomic E-state index is 0.241. The maximum Gasteiger partial charge on any atom is 0.141 e. The summed E-state index contributed by atoms with van der Waals surface area (Å²) >= 11 is 0. The van der Waals surface area contributed by atoms with E-state index in [4.69, 9.17) is 0 Å². The van der Waals surface area contributed by atoms with Gasteiger partial charge in [-0.25, -0.2) is 4.39 Å². The van der Waals surface area contributed by atoms with Gasteiger partial charge >= 0.3 is 0 Å². The summed E-state index contributed by atoms with van der Waals surface area (Å²) in [5.41, 5.74) is 1.00. The van der Waals surface area contributed by atoms with Crippen molar-refractivity contribution in [3.8, 4) is 0 Å². The molecule has 2 nitrogen and oxygen atoms in total. The van der Waals surface area contributed by atoms with Crippen molar-refractivity contribution in [2.45, 2.75) is 5.92 Å². The molecule has 1 aliphatic heterocycles. The number of aromatic nitrogens is 1. The maximum atomic E-state index is 12.6. The summed E-state index contributed by atoms with van der Waals surface area (Å²) in [6.45, 7) is 1.90. The van der Waals surface area contributed by atoms with Crippen molar-refractivity contribution in [2.75, 3.05) is 13.1 Å². The quantitative estimate of drug-likeness (QED) is 0.647. The van der Waals surface area contributed by atoms with Crippen molar-refractivity contribution in [3.63, 3.8) is 0 Å². The fourth-order valence-corrected chi connectivity index (χ4v) is 1.18. The molecule has 1 saturated heterocycles. The van der Waals surface area contributed by atoms with Crippen LogP contribution in [0.15, 0.2) is 18.5 Å². The van der Waals surface area contributed by atoms with E-state index in [1.165, 1.54) is 6.20 Å². The lowest BCUT2D eigenvalue weighted by atomic mass is 9.95. The summed E-state index contributed by atoms with van der Waals surface area (Å²) in [6.07, 6.45) is 2.96. The van der Waals surface area contributed by atoms with Gasteiger partial charge in [0.2, 0.25) is 0 Å². The number of hydrogen-bond donors (Lipinski definition) is 1. The Morgan fingerprint density at radius 3 is 2.82 bits per heavy atom. The second-order valence-corrected chi connectivity index (χ2v) is 2.79. The molecule has 1 aromatic rings. The van der Waals surface area contributed by atoms with E-state index < -0.39 is 0 Å². The van der Waals surface area contributed by atoms with E-state index in [9.17, 15) is 4.39 Å². The third-order valence-corrected chi connectivity index (χ3v) is 1.98. The Hall–Kier alpha value is -0.960. The predicted molar refractivity (Wildman–Crippen MR) is 39.8 cm³/mol. The smallest absolute Gasteiger partial charge is 0.141 e. The number of halogens is 1. The molecule has 11 heavy (non-hydrogen) atoms. The van der Waals surface area contributed by atoms with E-state index in [1.807, 2.05) is 0 Å². The molecule has 1 aromatic heterocycles. The van der Waals surface area contributed by atoms with E-state index in [0.29, 0.717) is 5.92 Å². The largest absolute Gasteiger partial charge is 0.315 e. The molecule has 0 spiro atoms. The molecule has 0 radical (unpaired) electrons. The van der Waals surface area contributed by atoms with E-state index in [-0.39, 0.29) is 5.82 Å². The predicted octanol–water partition coefficient (Wildman–Crippen LogP) is 0.907. The van der Waals surface area contributed by atoms with E-state index >= 15 is 0 Å². The van der Waals surface area contributed by atoms with Crippen molar-refractivity contribution in [3.05, 3.63) is 29.8 Å². The average Bonchev–Trinajstić information content (AvgIpc) is 1.83. The normalized spacial score (nSPS) is 17.9. The molecule has 0 aromatic carbocycles. The zero-order valence-corrected chi connectivity index (χ0v) is 6.05. The molecular formula is C8H9FN2. The lowest BCUT2D eigenvalue weighted by molar-refractivity contribution is 0.445. The van der Waals surface area contributed by atoms with Crippen molar-refractivity contribution in [2.24, 2.45) is 0 Å². The molecule has 2 heterocycles. The highest BCUT2D eigenvalue weighted by atomic mass is 19.1. The molecular weight excluding hydrogens is 143 g/mol. The van der Waals surface area contributed by atoms with Crippen LogP contribution in [-0.2, 0) is 0 Å². The van der Waals surface area contributed by atoms with Crippen LogP contribution in [0.4, 0.5) is 4.39 Å². The zero-order chi connectivity index (χ0) is 7.68. The highest BCUT2D eigenvalue weighted by Gasteiger charge is 2.18. The fourth-order valence-electron chi connectivity index (χ4n) is 1.18. The first-order valence-electron chi connectivity index (χ1n) is 3.67. The average molecular weight is 152 g/mol. The monoisotopic (exact) mass is 152 g/mol. The van der Waals surface area contributed by atoms with Crippen molar-refractivity contribution in [1.82, 2.24) is 10.3 Å². The van der Waals surface area contributed by atoms with Crippen LogP contribution >= 0.6 is 0 Å². The molecule has 0 unspecified atom stereocenters. The first kappa shape index (κ1) is 6.73. The molecule has 0 aliphatic carbocycles. The van der Waals surface area contributed by atoms with Crippen LogP contribution < -0.4 is 5.32 Å². The fraction of sp³-hybridized carbons (Fsp3) is 0.375. The van der Waals surface area contributed by atoms with Crippen molar-refractivity contribution in [1.29, 1.82) is 0 Å². The molecule has 2 rings (SSSR count). The van der Waals surface area contributed by atoms with Gasteiger partial charge in [0.25, 0.3) is 0 Å². The summed E-state index contributed by atoms with van der Waals surface area (Å²) in [6, 6.07) is 1.55. The summed E-state index contributed by atoms with van der Waals surface area (Å²) < 4.78 is 12.6. The summed E-state index contributed by atoms with van der Waals surface area (Å²) in [4.78, 5) is 3.78. The summed E-state index contributed by atoms with van der Waals surface area (Å²) in [7, 11) is 0. The van der Waals surface area contributed by atoms with Gasteiger partial charge in [0, 0.05) is 25.2 Å². The lowest BCUT2D eigenvalue weighted by Crippen LogP contribution is -2.39. The van der Waals surface area contributed by atoms with Gasteiger partial charge in [-0.15, -0.1) is 0 Å². The Kier molecular flexibility index (Phi) is 1.58. The molecule has 1 aliphatic rings. The van der Waals surface area contributed by atoms with Gasteiger partial charge in [0.15, 0.2) is 0 Å². The molecule has 0 atom stereocenters. The van der Waals surface area contributed by atoms with E-state index in [0.717, 1.165) is 18.7 Å². The van der Waals surface area contributed by atoms with Crippen molar-refractivity contribution < 1.29 is 4.39 Å². The topological polar surface area (TPSA) is 24.9 Å². The van der Waals surface area contributed by atoms with E-state index in [1.54, 1.807) is 12.3 Å². The number of nitrogens with one attached hydrogen (secondary N) is 1. The van der Waals surface area contributed by atoms with Crippen LogP contribution in [0.25, 0.3) is 0 Å². The van der Waals surface area contributed by atoms with Gasteiger partial charge in [0.05, 0.1) is 6.20 Å². The SMILES string of the molecule is Fc1cncc(C2CNC2)c1. The summed E-state index contributed by atoms with van der Waals surface area (Å²) in [5.74, 6) is 0.229. The molecule has 1 N–H and O–H groups in total. The van der Waals surface area contributed by atoms with E-state index in [2.05, 4.69) is 10.3 Å². The second kappa shape index (κ2) is 2.58. The van der Waals surface area contributed by atoms with Gasteiger partial charge < -0.3 is 5.32 Å². The Morgan fingerprint density at radius 1 is 1.45 bits per heavy atom. The maximum absolute atomic E-state index is 12.6. The van der Waals surface area contributed by atoms with Crippen LogP contribution in [0.1, 0.15) is 11.5 Å². The van der Waals surface area contributed by atoms with Crippen LogP contribution in [0.2, 0.25) is 0 Å². The number of nitrogens with zero attached hydrogens (tertiary/aromatic N) is 1. The molecule has 0 saturated carbocycles. The van der Waals surface area contributed by atoms with Gasteiger partial charge in [-0.3, -0.25) is 4.98 Å². The Balaban J connectivity index is 2.23. The Morgan fingerprint density at radius 2 is 2.27 bits per heavy atom. The highest BCUT2D eigenvalue weighted by molar-refractivity contribution is 5.19. The zero-order valence-electron chi connectivity index (χ0n) is 6.05. The number of rotatable bonds is 1. The van der Waals surface area contributed by atoms with Gasteiger partial charge in [-0.2, -0.15) is 0 Å². The highest BCUT2D eigenvalue weighted by Crippen LogP contribution is 2.18. The van der Waals surface area contributed by atoms with Crippen LogP contribution in [0, 0.1) is 5.82 Å². The van der Waals surface area contributed by atoms with Crippen LogP contribution in [0.3, 0.4) is 0 Å². The number of pyridine rings is 1.